The third kappa shape index (κ3) is 4.31. The summed E-state index contributed by atoms with van der Waals surface area (Å²) < 4.78 is 18.6. The van der Waals surface area contributed by atoms with Crippen LogP contribution < -0.4 is 5.32 Å². The molecule has 0 saturated carbocycles. The summed E-state index contributed by atoms with van der Waals surface area (Å²) in [4.78, 5) is 4.87. The van der Waals surface area contributed by atoms with E-state index in [4.69, 9.17) is 4.52 Å². The van der Waals surface area contributed by atoms with Crippen molar-refractivity contribution in [1.29, 1.82) is 0 Å². The predicted molar refractivity (Wildman–Crippen MR) is 76.9 cm³/mol. The molecule has 0 spiro atoms. The molecule has 6 heteroatoms. The van der Waals surface area contributed by atoms with Gasteiger partial charge in [0.2, 0.25) is 5.89 Å². The van der Waals surface area contributed by atoms with Crippen LogP contribution in [0.25, 0.3) is 0 Å². The molecule has 20 heavy (non-hydrogen) atoms. The molecule has 1 heterocycles. The van der Waals surface area contributed by atoms with E-state index in [1.165, 1.54) is 17.8 Å². The van der Waals surface area contributed by atoms with Crippen molar-refractivity contribution in [2.24, 2.45) is 0 Å². The van der Waals surface area contributed by atoms with Crippen LogP contribution in [0, 0.1) is 5.82 Å². The zero-order chi connectivity index (χ0) is 14.4. The highest BCUT2D eigenvalue weighted by atomic mass is 32.2. The number of hydrogen-bond acceptors (Lipinski definition) is 5. The van der Waals surface area contributed by atoms with E-state index >= 15 is 0 Å². The lowest BCUT2D eigenvalue weighted by Gasteiger charge is -2.07. The minimum Gasteiger partial charge on any atom is -0.338 e. The number of benzene rings is 1. The number of aromatic nitrogens is 2. The van der Waals surface area contributed by atoms with Gasteiger partial charge in [0.25, 0.3) is 0 Å². The van der Waals surface area contributed by atoms with E-state index in [9.17, 15) is 4.39 Å². The van der Waals surface area contributed by atoms with Gasteiger partial charge in [0.05, 0.1) is 12.3 Å². The SMILES string of the molecule is CCC(C)NCc1nc(CSc2ccccc2F)no1. The normalized spacial score (nSPS) is 12.6. The molecule has 0 aliphatic rings. The van der Waals surface area contributed by atoms with Crippen LogP contribution in [0.15, 0.2) is 33.7 Å². The summed E-state index contributed by atoms with van der Waals surface area (Å²) in [7, 11) is 0. The first-order chi connectivity index (χ1) is 9.69. The Morgan fingerprint density at radius 2 is 2.20 bits per heavy atom. The van der Waals surface area contributed by atoms with Crippen LogP contribution in [0.1, 0.15) is 32.0 Å². The quantitative estimate of drug-likeness (QED) is 0.793. The van der Waals surface area contributed by atoms with E-state index in [2.05, 4.69) is 29.3 Å². The second-order valence-corrected chi connectivity index (χ2v) is 5.53. The van der Waals surface area contributed by atoms with Crippen molar-refractivity contribution < 1.29 is 8.91 Å². The van der Waals surface area contributed by atoms with Gasteiger partial charge in [-0.15, -0.1) is 11.8 Å². The van der Waals surface area contributed by atoms with E-state index < -0.39 is 0 Å². The van der Waals surface area contributed by atoms with Crippen LogP contribution in [0.4, 0.5) is 4.39 Å². The van der Waals surface area contributed by atoms with Crippen molar-refractivity contribution in [3.63, 3.8) is 0 Å². The average molecular weight is 295 g/mol. The van der Waals surface area contributed by atoms with Gasteiger partial charge in [0, 0.05) is 10.9 Å². The monoisotopic (exact) mass is 295 g/mol. The summed E-state index contributed by atoms with van der Waals surface area (Å²) in [5.41, 5.74) is 0. The minimum atomic E-state index is -0.223. The van der Waals surface area contributed by atoms with Crippen LogP contribution in [0.2, 0.25) is 0 Å². The van der Waals surface area contributed by atoms with E-state index in [0.29, 0.717) is 35.0 Å². The van der Waals surface area contributed by atoms with Crippen molar-refractivity contribution in [1.82, 2.24) is 15.5 Å². The summed E-state index contributed by atoms with van der Waals surface area (Å²) in [6.45, 7) is 4.78. The van der Waals surface area contributed by atoms with E-state index in [1.807, 2.05) is 6.07 Å². The average Bonchev–Trinajstić information content (AvgIpc) is 2.92. The zero-order valence-electron chi connectivity index (χ0n) is 11.6. The van der Waals surface area contributed by atoms with Crippen molar-refractivity contribution in [2.75, 3.05) is 0 Å². The molecule has 108 valence electrons. The van der Waals surface area contributed by atoms with Crippen LogP contribution in [-0.4, -0.2) is 16.2 Å². The molecule has 2 rings (SSSR count). The topological polar surface area (TPSA) is 51.0 Å². The van der Waals surface area contributed by atoms with Crippen molar-refractivity contribution >= 4 is 11.8 Å². The number of rotatable bonds is 7. The van der Waals surface area contributed by atoms with Gasteiger partial charge in [-0.25, -0.2) is 4.39 Å². The van der Waals surface area contributed by atoms with Crippen LogP contribution >= 0.6 is 11.8 Å². The summed E-state index contributed by atoms with van der Waals surface area (Å²) in [5.74, 6) is 1.42. The molecular weight excluding hydrogens is 277 g/mol. The summed E-state index contributed by atoms with van der Waals surface area (Å²) in [6.07, 6.45) is 1.05. The molecule has 0 fully saturated rings. The number of nitrogens with one attached hydrogen (secondary N) is 1. The molecule has 0 aliphatic heterocycles. The summed E-state index contributed by atoms with van der Waals surface area (Å²) >= 11 is 1.36. The Kier molecular flexibility index (Phi) is 5.55. The summed E-state index contributed by atoms with van der Waals surface area (Å²) in [5, 5.41) is 7.18. The van der Waals surface area contributed by atoms with Crippen molar-refractivity contribution in [3.05, 3.63) is 41.8 Å². The first kappa shape index (κ1) is 15.0. The van der Waals surface area contributed by atoms with E-state index in [1.54, 1.807) is 12.1 Å². The van der Waals surface area contributed by atoms with Gasteiger partial charge in [0.1, 0.15) is 5.82 Å². The second kappa shape index (κ2) is 7.40. The summed E-state index contributed by atoms with van der Waals surface area (Å²) in [6, 6.07) is 7.08. The molecule has 1 aromatic heterocycles. The van der Waals surface area contributed by atoms with E-state index in [-0.39, 0.29) is 5.82 Å². The Labute approximate surface area is 122 Å². The Bertz CT molecular complexity index is 547. The highest BCUT2D eigenvalue weighted by Gasteiger charge is 2.09. The molecule has 1 unspecified atom stereocenters. The maximum atomic E-state index is 13.5. The predicted octanol–water partition coefficient (Wildman–Crippen LogP) is 3.39. The molecule has 4 nitrogen and oxygen atoms in total. The maximum absolute atomic E-state index is 13.5. The molecular formula is C14H18FN3OS. The van der Waals surface area contributed by atoms with Gasteiger partial charge in [-0.3, -0.25) is 0 Å². The largest absolute Gasteiger partial charge is 0.338 e. The third-order valence-electron chi connectivity index (χ3n) is 2.92. The molecule has 0 bridgehead atoms. The highest BCUT2D eigenvalue weighted by Crippen LogP contribution is 2.24. The fourth-order valence-corrected chi connectivity index (χ4v) is 2.31. The lowest BCUT2D eigenvalue weighted by molar-refractivity contribution is 0.355. The van der Waals surface area contributed by atoms with Crippen molar-refractivity contribution in [3.8, 4) is 0 Å². The van der Waals surface area contributed by atoms with Gasteiger partial charge in [-0.05, 0) is 25.5 Å². The molecule has 0 radical (unpaired) electrons. The molecule has 1 atom stereocenters. The Balaban J connectivity index is 1.85. The van der Waals surface area contributed by atoms with Gasteiger partial charge >= 0.3 is 0 Å². The lowest BCUT2D eigenvalue weighted by atomic mass is 10.3. The molecule has 0 amide bonds. The van der Waals surface area contributed by atoms with Gasteiger partial charge in [-0.2, -0.15) is 4.98 Å². The molecule has 1 N–H and O–H groups in total. The van der Waals surface area contributed by atoms with Gasteiger partial charge < -0.3 is 9.84 Å². The standard InChI is InChI=1S/C14H18FN3OS/c1-3-10(2)16-8-14-17-13(18-19-14)9-20-12-7-5-4-6-11(12)15/h4-7,10,16H,3,8-9H2,1-2H3. The van der Waals surface area contributed by atoms with Gasteiger partial charge in [0.15, 0.2) is 5.82 Å². The number of thioether (sulfide) groups is 1. The number of hydrogen-bond donors (Lipinski definition) is 1. The first-order valence-corrected chi connectivity index (χ1v) is 7.59. The smallest absolute Gasteiger partial charge is 0.240 e. The fraction of sp³-hybridized carbons (Fsp3) is 0.429. The first-order valence-electron chi connectivity index (χ1n) is 6.61. The van der Waals surface area contributed by atoms with E-state index in [0.717, 1.165) is 6.42 Å². The van der Waals surface area contributed by atoms with Crippen LogP contribution in [0.5, 0.6) is 0 Å². The highest BCUT2D eigenvalue weighted by molar-refractivity contribution is 7.98. The van der Waals surface area contributed by atoms with Crippen LogP contribution in [-0.2, 0) is 12.3 Å². The lowest BCUT2D eigenvalue weighted by Crippen LogP contribution is -2.24. The Hall–Kier alpha value is -1.40. The van der Waals surface area contributed by atoms with Crippen LogP contribution in [0.3, 0.4) is 0 Å². The third-order valence-corrected chi connectivity index (χ3v) is 3.96. The van der Waals surface area contributed by atoms with Crippen molar-refractivity contribution in [2.45, 2.75) is 43.5 Å². The molecule has 1 aromatic carbocycles. The maximum Gasteiger partial charge on any atom is 0.240 e. The second-order valence-electron chi connectivity index (χ2n) is 4.51. The fourth-order valence-electron chi connectivity index (χ4n) is 1.53. The molecule has 2 aromatic rings. The minimum absolute atomic E-state index is 0.223. The molecule has 0 aliphatic carbocycles. The molecule has 0 saturated heterocycles. The zero-order valence-corrected chi connectivity index (χ0v) is 12.4. The van der Waals surface area contributed by atoms with Gasteiger partial charge in [-0.1, -0.05) is 24.2 Å². The Morgan fingerprint density at radius 1 is 1.40 bits per heavy atom. The number of nitrogens with zero attached hydrogens (tertiary/aromatic N) is 2. The Morgan fingerprint density at radius 3 is 2.95 bits per heavy atom. The number of halogens is 1.